The Morgan fingerprint density at radius 2 is 2.00 bits per heavy atom. The molecule has 0 aromatic heterocycles. The number of hydrogen-bond donors (Lipinski definition) is 1. The SMILES string of the molecule is CC(C)C(NC1CCOC1)c1ccccc1. The summed E-state index contributed by atoms with van der Waals surface area (Å²) in [4.78, 5) is 0. The van der Waals surface area contributed by atoms with Gasteiger partial charge in [0.15, 0.2) is 0 Å². The van der Waals surface area contributed by atoms with Gasteiger partial charge in [0.05, 0.1) is 6.61 Å². The smallest absolute Gasteiger partial charge is 0.0620 e. The van der Waals surface area contributed by atoms with Gasteiger partial charge >= 0.3 is 0 Å². The van der Waals surface area contributed by atoms with Crippen LogP contribution in [0.4, 0.5) is 0 Å². The topological polar surface area (TPSA) is 21.3 Å². The number of hydrogen-bond acceptors (Lipinski definition) is 2. The van der Waals surface area contributed by atoms with Gasteiger partial charge in [-0.1, -0.05) is 44.2 Å². The summed E-state index contributed by atoms with van der Waals surface area (Å²) in [5.74, 6) is 0.600. The average Bonchev–Trinajstić information content (AvgIpc) is 2.79. The molecule has 0 spiro atoms. The van der Waals surface area contributed by atoms with Gasteiger partial charge in [-0.25, -0.2) is 0 Å². The van der Waals surface area contributed by atoms with E-state index in [1.165, 1.54) is 5.56 Å². The Hall–Kier alpha value is -0.860. The molecule has 2 nitrogen and oxygen atoms in total. The normalized spacial score (nSPS) is 22.6. The Bertz CT molecular complexity index is 304. The first-order valence-corrected chi connectivity index (χ1v) is 6.16. The lowest BCUT2D eigenvalue weighted by Crippen LogP contribution is -2.35. The second-order valence-electron chi connectivity index (χ2n) is 4.86. The summed E-state index contributed by atoms with van der Waals surface area (Å²) in [5, 5.41) is 3.71. The van der Waals surface area contributed by atoms with E-state index in [2.05, 4.69) is 49.5 Å². The van der Waals surface area contributed by atoms with Crippen molar-refractivity contribution in [2.24, 2.45) is 5.92 Å². The second kappa shape index (κ2) is 5.46. The molecule has 2 unspecified atom stereocenters. The lowest BCUT2D eigenvalue weighted by Gasteiger charge is -2.26. The molecule has 88 valence electrons. The highest BCUT2D eigenvalue weighted by molar-refractivity contribution is 5.19. The third kappa shape index (κ3) is 2.83. The van der Waals surface area contributed by atoms with Crippen LogP contribution in [0.15, 0.2) is 30.3 Å². The van der Waals surface area contributed by atoms with Crippen molar-refractivity contribution in [3.8, 4) is 0 Å². The first-order valence-electron chi connectivity index (χ1n) is 6.16. The van der Waals surface area contributed by atoms with Crippen molar-refractivity contribution in [1.82, 2.24) is 5.32 Å². The summed E-state index contributed by atoms with van der Waals surface area (Å²) in [7, 11) is 0. The third-order valence-electron chi connectivity index (χ3n) is 3.17. The molecule has 16 heavy (non-hydrogen) atoms. The highest BCUT2D eigenvalue weighted by Crippen LogP contribution is 2.23. The Morgan fingerprint density at radius 3 is 2.56 bits per heavy atom. The largest absolute Gasteiger partial charge is 0.380 e. The van der Waals surface area contributed by atoms with Crippen LogP contribution in [0.5, 0.6) is 0 Å². The first kappa shape index (κ1) is 11.6. The maximum atomic E-state index is 5.41. The molecular formula is C14H21NO. The molecule has 2 heteroatoms. The lowest BCUT2D eigenvalue weighted by atomic mass is 9.95. The fraction of sp³-hybridized carbons (Fsp3) is 0.571. The van der Waals surface area contributed by atoms with Gasteiger partial charge in [0.1, 0.15) is 0 Å². The quantitative estimate of drug-likeness (QED) is 0.840. The molecule has 0 bridgehead atoms. The van der Waals surface area contributed by atoms with Gasteiger partial charge in [-0.15, -0.1) is 0 Å². The minimum atomic E-state index is 0.438. The molecule has 1 aromatic carbocycles. The van der Waals surface area contributed by atoms with Gasteiger partial charge in [-0.2, -0.15) is 0 Å². The molecule has 2 atom stereocenters. The summed E-state index contributed by atoms with van der Waals surface area (Å²) >= 11 is 0. The molecule has 1 heterocycles. The monoisotopic (exact) mass is 219 g/mol. The van der Waals surface area contributed by atoms with Crippen LogP contribution < -0.4 is 5.32 Å². The molecule has 1 fully saturated rings. The van der Waals surface area contributed by atoms with E-state index in [0.717, 1.165) is 19.6 Å². The third-order valence-corrected chi connectivity index (χ3v) is 3.17. The average molecular weight is 219 g/mol. The molecule has 1 aliphatic rings. The van der Waals surface area contributed by atoms with E-state index >= 15 is 0 Å². The summed E-state index contributed by atoms with van der Waals surface area (Å²) < 4.78 is 5.41. The van der Waals surface area contributed by atoms with Crippen LogP contribution in [0.2, 0.25) is 0 Å². The number of ether oxygens (including phenoxy) is 1. The van der Waals surface area contributed by atoms with E-state index < -0.39 is 0 Å². The Labute approximate surface area is 98.0 Å². The Kier molecular flexibility index (Phi) is 3.97. The van der Waals surface area contributed by atoms with E-state index in [4.69, 9.17) is 4.74 Å². The van der Waals surface area contributed by atoms with Crippen molar-refractivity contribution >= 4 is 0 Å². The highest BCUT2D eigenvalue weighted by Gasteiger charge is 2.22. The fourth-order valence-electron chi connectivity index (χ4n) is 2.25. The van der Waals surface area contributed by atoms with Crippen molar-refractivity contribution in [2.45, 2.75) is 32.4 Å². The summed E-state index contributed by atoms with van der Waals surface area (Å²) in [6.45, 7) is 6.29. The number of rotatable bonds is 4. The van der Waals surface area contributed by atoms with E-state index in [1.807, 2.05) is 0 Å². The van der Waals surface area contributed by atoms with Crippen molar-refractivity contribution in [3.63, 3.8) is 0 Å². The zero-order valence-electron chi connectivity index (χ0n) is 10.1. The van der Waals surface area contributed by atoms with Gasteiger partial charge < -0.3 is 10.1 Å². The molecule has 2 rings (SSSR count). The molecule has 1 saturated heterocycles. The van der Waals surface area contributed by atoms with E-state index in [-0.39, 0.29) is 0 Å². The molecule has 1 aliphatic heterocycles. The highest BCUT2D eigenvalue weighted by atomic mass is 16.5. The molecule has 0 amide bonds. The van der Waals surface area contributed by atoms with E-state index in [1.54, 1.807) is 0 Å². The standard InChI is InChI=1S/C14H21NO/c1-11(2)14(12-6-4-3-5-7-12)15-13-8-9-16-10-13/h3-7,11,13-15H,8-10H2,1-2H3. The molecule has 0 radical (unpaired) electrons. The minimum Gasteiger partial charge on any atom is -0.380 e. The van der Waals surface area contributed by atoms with Crippen LogP contribution in [0.3, 0.4) is 0 Å². The molecule has 0 saturated carbocycles. The number of nitrogens with one attached hydrogen (secondary N) is 1. The van der Waals surface area contributed by atoms with Crippen LogP contribution in [-0.2, 0) is 4.74 Å². The predicted octanol–water partition coefficient (Wildman–Crippen LogP) is 2.76. The van der Waals surface area contributed by atoms with Crippen LogP contribution in [0.25, 0.3) is 0 Å². The summed E-state index contributed by atoms with van der Waals surface area (Å²) in [6, 6.07) is 11.6. The molecule has 1 aromatic rings. The van der Waals surface area contributed by atoms with Crippen molar-refractivity contribution in [1.29, 1.82) is 0 Å². The zero-order chi connectivity index (χ0) is 11.4. The molecule has 0 aliphatic carbocycles. The summed E-state index contributed by atoms with van der Waals surface area (Å²) in [5.41, 5.74) is 1.38. The van der Waals surface area contributed by atoms with Gasteiger partial charge in [-0.3, -0.25) is 0 Å². The Morgan fingerprint density at radius 1 is 1.25 bits per heavy atom. The zero-order valence-corrected chi connectivity index (χ0v) is 10.1. The Balaban J connectivity index is 2.05. The summed E-state index contributed by atoms with van der Waals surface area (Å²) in [6.07, 6.45) is 1.13. The van der Waals surface area contributed by atoms with E-state index in [9.17, 15) is 0 Å². The van der Waals surface area contributed by atoms with Crippen LogP contribution in [-0.4, -0.2) is 19.3 Å². The van der Waals surface area contributed by atoms with E-state index in [0.29, 0.717) is 18.0 Å². The predicted molar refractivity (Wildman–Crippen MR) is 66.4 cm³/mol. The van der Waals surface area contributed by atoms with Gasteiger partial charge in [0.2, 0.25) is 0 Å². The maximum absolute atomic E-state index is 5.41. The van der Waals surface area contributed by atoms with Crippen LogP contribution in [0.1, 0.15) is 31.9 Å². The maximum Gasteiger partial charge on any atom is 0.0620 e. The minimum absolute atomic E-state index is 0.438. The van der Waals surface area contributed by atoms with Gasteiger partial charge in [-0.05, 0) is 17.9 Å². The van der Waals surface area contributed by atoms with Gasteiger partial charge in [0, 0.05) is 18.7 Å². The van der Waals surface area contributed by atoms with Crippen LogP contribution in [0, 0.1) is 5.92 Å². The molecular weight excluding hydrogens is 198 g/mol. The van der Waals surface area contributed by atoms with Crippen molar-refractivity contribution < 1.29 is 4.74 Å². The number of benzene rings is 1. The van der Waals surface area contributed by atoms with Crippen molar-refractivity contribution in [2.75, 3.05) is 13.2 Å². The second-order valence-corrected chi connectivity index (χ2v) is 4.86. The van der Waals surface area contributed by atoms with Gasteiger partial charge in [0.25, 0.3) is 0 Å². The fourth-order valence-corrected chi connectivity index (χ4v) is 2.25. The first-order chi connectivity index (χ1) is 7.77. The van der Waals surface area contributed by atoms with Crippen molar-refractivity contribution in [3.05, 3.63) is 35.9 Å². The molecule has 1 N–H and O–H groups in total. The van der Waals surface area contributed by atoms with Crippen LogP contribution >= 0.6 is 0 Å². The lowest BCUT2D eigenvalue weighted by molar-refractivity contribution is 0.186.